The van der Waals surface area contributed by atoms with Crippen LogP contribution in [0.2, 0.25) is 0 Å². The van der Waals surface area contributed by atoms with Crippen LogP contribution in [0.15, 0.2) is 118 Å². The van der Waals surface area contributed by atoms with Gasteiger partial charge in [-0.1, -0.05) is 54.1 Å². The zero-order chi connectivity index (χ0) is 41.6. The lowest BCUT2D eigenvalue weighted by Crippen LogP contribution is -2.48. The summed E-state index contributed by atoms with van der Waals surface area (Å²) >= 11 is 3.14. The Morgan fingerprint density at radius 1 is 0.593 bits per heavy atom. The first kappa shape index (κ1) is 42.3. The van der Waals surface area contributed by atoms with Crippen molar-refractivity contribution in [3.8, 4) is 5.75 Å². The van der Waals surface area contributed by atoms with E-state index < -0.39 is 31.7 Å². The molecule has 0 spiro atoms. The first-order valence-electron chi connectivity index (χ1n) is 19.0. The number of benzene rings is 4. The molecule has 0 amide bonds. The summed E-state index contributed by atoms with van der Waals surface area (Å²) < 4.78 is 86.0. The molecule has 2 saturated heterocycles. The number of ether oxygens (including phenoxy) is 1. The van der Waals surface area contributed by atoms with Gasteiger partial charge in [-0.05, 0) is 66.6 Å². The highest BCUT2D eigenvalue weighted by Crippen LogP contribution is 2.28. The van der Waals surface area contributed by atoms with E-state index in [9.17, 15) is 25.6 Å². The van der Waals surface area contributed by atoms with Gasteiger partial charge in [0.1, 0.15) is 17.4 Å². The third kappa shape index (κ3) is 10.5. The van der Waals surface area contributed by atoms with Crippen LogP contribution < -0.4 is 14.5 Å². The quantitative estimate of drug-likeness (QED) is 0.135. The molecule has 0 unspecified atom stereocenters. The second-order valence-corrected chi connectivity index (χ2v) is 19.7. The number of rotatable bonds is 11. The van der Waals surface area contributed by atoms with Crippen molar-refractivity contribution in [2.45, 2.75) is 29.6 Å². The lowest BCUT2D eigenvalue weighted by atomic mass is 10.1. The number of aryl methyl sites for hydroxylation is 1. The largest absolute Gasteiger partial charge is 0.497 e. The van der Waals surface area contributed by atoms with Gasteiger partial charge in [-0.15, -0.1) is 22.7 Å². The maximum atomic E-state index is 13.4. The fourth-order valence-corrected chi connectivity index (χ4v) is 11.5. The van der Waals surface area contributed by atoms with E-state index in [1.165, 1.54) is 56.1 Å². The molecule has 2 fully saturated rings. The SMILES string of the molecule is COc1cccc(Cc2csc(N3CCN(S(=O)(=O)c4cccc(F)c4)CC3)n2)c1.Cc1cccc(Cc2csc(N3CCN(S(=O)(=O)c4cccc(F)c4)CC3)n2)c1. The summed E-state index contributed by atoms with van der Waals surface area (Å²) in [6.07, 6.45) is 1.49. The lowest BCUT2D eigenvalue weighted by molar-refractivity contribution is 0.384. The van der Waals surface area contributed by atoms with Gasteiger partial charge in [0.15, 0.2) is 10.3 Å². The zero-order valence-electron chi connectivity index (χ0n) is 32.6. The van der Waals surface area contributed by atoms with Crippen molar-refractivity contribution >= 4 is 53.0 Å². The summed E-state index contributed by atoms with van der Waals surface area (Å²) in [6, 6.07) is 26.6. The molecule has 4 heterocycles. The molecule has 11 nitrogen and oxygen atoms in total. The molecule has 2 aliphatic heterocycles. The normalized spacial score (nSPS) is 15.5. The number of piperazine rings is 2. The van der Waals surface area contributed by atoms with Crippen molar-refractivity contribution in [1.82, 2.24) is 18.6 Å². The fourth-order valence-electron chi connectivity index (χ4n) is 6.86. The molecular weight excluding hydrogens is 835 g/mol. The molecule has 4 aromatic carbocycles. The van der Waals surface area contributed by atoms with Crippen molar-refractivity contribution in [2.75, 3.05) is 69.3 Å². The topological polar surface area (TPSA) is 116 Å². The number of hydrogen-bond donors (Lipinski definition) is 0. The highest BCUT2D eigenvalue weighted by Gasteiger charge is 2.31. The van der Waals surface area contributed by atoms with Crippen molar-refractivity contribution < 1.29 is 30.4 Å². The molecule has 0 bridgehead atoms. The van der Waals surface area contributed by atoms with Gasteiger partial charge in [-0.25, -0.2) is 35.6 Å². The maximum Gasteiger partial charge on any atom is 0.243 e. The summed E-state index contributed by atoms with van der Waals surface area (Å²) in [5, 5.41) is 5.89. The van der Waals surface area contributed by atoms with Crippen LogP contribution in [0, 0.1) is 18.6 Å². The van der Waals surface area contributed by atoms with Crippen LogP contribution in [0.25, 0.3) is 0 Å². The van der Waals surface area contributed by atoms with Gasteiger partial charge in [0.2, 0.25) is 20.0 Å². The number of anilines is 2. The summed E-state index contributed by atoms with van der Waals surface area (Å²) in [4.78, 5) is 13.7. The minimum atomic E-state index is -3.69. The Morgan fingerprint density at radius 3 is 1.47 bits per heavy atom. The summed E-state index contributed by atoms with van der Waals surface area (Å²) in [5.41, 5.74) is 5.57. The number of sulfonamides is 2. The molecule has 59 heavy (non-hydrogen) atoms. The number of hydrogen-bond acceptors (Lipinski definition) is 11. The Labute approximate surface area is 352 Å². The molecule has 0 aliphatic carbocycles. The van der Waals surface area contributed by atoms with Crippen LogP contribution >= 0.6 is 22.7 Å². The van der Waals surface area contributed by atoms with E-state index in [2.05, 4.69) is 46.4 Å². The van der Waals surface area contributed by atoms with Crippen molar-refractivity contribution in [3.63, 3.8) is 0 Å². The van der Waals surface area contributed by atoms with E-state index in [0.717, 1.165) is 51.5 Å². The summed E-state index contributed by atoms with van der Waals surface area (Å²) in [5.74, 6) is -0.284. The number of thiazole rings is 2. The smallest absolute Gasteiger partial charge is 0.243 e. The summed E-state index contributed by atoms with van der Waals surface area (Å²) in [7, 11) is -5.73. The molecule has 6 aromatic rings. The van der Waals surface area contributed by atoms with Crippen LogP contribution in [0.4, 0.5) is 19.0 Å². The van der Waals surface area contributed by atoms with Gasteiger partial charge >= 0.3 is 0 Å². The molecule has 0 saturated carbocycles. The average molecular weight is 879 g/mol. The second kappa shape index (κ2) is 18.6. The third-order valence-corrected chi connectivity index (χ3v) is 15.6. The zero-order valence-corrected chi connectivity index (χ0v) is 35.8. The van der Waals surface area contributed by atoms with Crippen LogP contribution in [-0.2, 0) is 32.9 Å². The minimum Gasteiger partial charge on any atom is -0.497 e. The van der Waals surface area contributed by atoms with Crippen molar-refractivity contribution in [1.29, 1.82) is 0 Å². The number of methoxy groups -OCH3 is 1. The molecule has 8 rings (SSSR count). The second-order valence-electron chi connectivity index (χ2n) is 14.1. The van der Waals surface area contributed by atoms with E-state index in [1.807, 2.05) is 29.6 Å². The first-order chi connectivity index (χ1) is 28.4. The maximum absolute atomic E-state index is 13.4. The van der Waals surface area contributed by atoms with Crippen molar-refractivity contribution in [2.24, 2.45) is 0 Å². The molecule has 2 aliphatic rings. The van der Waals surface area contributed by atoms with Gasteiger partial charge in [0.25, 0.3) is 0 Å². The van der Waals surface area contributed by atoms with E-state index in [-0.39, 0.29) is 9.79 Å². The van der Waals surface area contributed by atoms with Crippen LogP contribution in [0.3, 0.4) is 0 Å². The highest BCUT2D eigenvalue weighted by atomic mass is 32.2. The number of halogens is 2. The molecule has 0 radical (unpaired) electrons. The van der Waals surface area contributed by atoms with Crippen LogP contribution in [0.5, 0.6) is 5.75 Å². The molecule has 310 valence electrons. The average Bonchev–Trinajstić information content (AvgIpc) is 3.91. The molecule has 17 heteroatoms. The summed E-state index contributed by atoms with van der Waals surface area (Å²) in [6.45, 7) is 5.66. The Balaban J connectivity index is 0.000000179. The molecule has 0 atom stereocenters. The Morgan fingerprint density at radius 2 is 1.03 bits per heavy atom. The Bertz CT molecular complexity index is 2590. The lowest BCUT2D eigenvalue weighted by Gasteiger charge is -2.33. The van der Waals surface area contributed by atoms with Crippen LogP contribution in [0.1, 0.15) is 28.1 Å². The molecular formula is C42H44F2N6O5S4. The standard InChI is InChI=1S/C21H22FN3O3S2.C21H22FN3O2S2/c1-28-19-6-2-4-16(13-19)12-18-15-29-21(23-18)24-8-10-25(11-9-24)30(26,27)20-7-3-5-17(22)14-20;1-16-4-2-5-17(12-16)13-19-15-28-21(23-19)24-8-10-25(11-9-24)29(26,27)20-7-3-6-18(22)14-20/h2-7,13-15H,8-12H2,1H3;2-7,12,14-15H,8-11,13H2,1H3. The predicted octanol–water partition coefficient (Wildman–Crippen LogP) is 7.08. The number of nitrogens with zero attached hydrogens (tertiary/aromatic N) is 6. The van der Waals surface area contributed by atoms with Gasteiger partial charge in [-0.3, -0.25) is 0 Å². The first-order valence-corrected chi connectivity index (χ1v) is 23.6. The monoisotopic (exact) mass is 878 g/mol. The highest BCUT2D eigenvalue weighted by molar-refractivity contribution is 7.89. The van der Waals surface area contributed by atoms with Gasteiger partial charge in [-0.2, -0.15) is 8.61 Å². The third-order valence-electron chi connectivity index (χ3n) is 9.95. The fraction of sp³-hybridized carbons (Fsp3) is 0.286. The van der Waals surface area contributed by atoms with E-state index in [1.54, 1.807) is 29.8 Å². The number of aromatic nitrogens is 2. The Hall–Kier alpha value is -4.78. The van der Waals surface area contributed by atoms with Gasteiger partial charge in [0.05, 0.1) is 28.3 Å². The van der Waals surface area contributed by atoms with E-state index in [4.69, 9.17) is 14.7 Å². The van der Waals surface area contributed by atoms with E-state index in [0.29, 0.717) is 58.8 Å². The minimum absolute atomic E-state index is 0.000592. The molecule has 0 N–H and O–H groups in total. The van der Waals surface area contributed by atoms with Crippen molar-refractivity contribution in [3.05, 3.63) is 148 Å². The van der Waals surface area contributed by atoms with Gasteiger partial charge < -0.3 is 14.5 Å². The molecule has 2 aromatic heterocycles. The predicted molar refractivity (Wildman–Crippen MR) is 229 cm³/mol. The van der Waals surface area contributed by atoms with Crippen LogP contribution in [-0.4, -0.2) is 94.9 Å². The van der Waals surface area contributed by atoms with Gasteiger partial charge in [0, 0.05) is 76.0 Å². The Kier molecular flexibility index (Phi) is 13.4. The van der Waals surface area contributed by atoms with E-state index >= 15 is 0 Å².